The van der Waals surface area contributed by atoms with E-state index in [2.05, 4.69) is 44.8 Å². The Hall–Kier alpha value is -3.12. The Morgan fingerprint density at radius 1 is 1.03 bits per heavy atom. The smallest absolute Gasteiger partial charge is 0.315 e. The van der Waals surface area contributed by atoms with Crippen molar-refractivity contribution < 1.29 is 4.79 Å². The Labute approximate surface area is 177 Å². The highest BCUT2D eigenvalue weighted by Gasteiger charge is 2.20. The Balaban J connectivity index is 1.34. The summed E-state index contributed by atoms with van der Waals surface area (Å²) in [5.74, 6) is 0. The molecule has 3 aromatic rings. The van der Waals surface area contributed by atoms with Crippen LogP contribution >= 0.6 is 0 Å². The van der Waals surface area contributed by atoms with Gasteiger partial charge in [0.25, 0.3) is 0 Å². The average molecular weight is 404 g/mol. The molecule has 1 atom stereocenters. The van der Waals surface area contributed by atoms with E-state index < -0.39 is 0 Å². The van der Waals surface area contributed by atoms with Gasteiger partial charge in [0, 0.05) is 32.0 Å². The van der Waals surface area contributed by atoms with Crippen LogP contribution in [0.25, 0.3) is 0 Å². The zero-order chi connectivity index (χ0) is 20.6. The maximum atomic E-state index is 12.7. The monoisotopic (exact) mass is 403 g/mol. The summed E-state index contributed by atoms with van der Waals surface area (Å²) < 4.78 is 2.03. The van der Waals surface area contributed by atoms with E-state index in [1.807, 2.05) is 47.4 Å². The zero-order valence-electron chi connectivity index (χ0n) is 17.2. The molecule has 1 aromatic heterocycles. The lowest BCUT2D eigenvalue weighted by atomic mass is 10.1. The van der Waals surface area contributed by atoms with Crippen molar-refractivity contribution in [1.29, 1.82) is 0 Å². The number of aromatic nitrogens is 2. The van der Waals surface area contributed by atoms with Crippen molar-refractivity contribution in [2.45, 2.75) is 32.0 Å². The van der Waals surface area contributed by atoms with Gasteiger partial charge in [0.15, 0.2) is 0 Å². The van der Waals surface area contributed by atoms with Crippen LogP contribution in [-0.2, 0) is 13.1 Å². The number of rotatable bonds is 8. The second kappa shape index (κ2) is 10.1. The SMILES string of the molecule is O=C(NCc1cccc(Cn2ccnc2)c1)NC(CN1CCCC1)c1ccccc1. The first kappa shape index (κ1) is 20.2. The topological polar surface area (TPSA) is 62.2 Å². The molecule has 6 heteroatoms. The van der Waals surface area contributed by atoms with E-state index in [0.29, 0.717) is 6.54 Å². The molecule has 0 bridgehead atoms. The summed E-state index contributed by atoms with van der Waals surface area (Å²) in [5, 5.41) is 6.20. The van der Waals surface area contributed by atoms with Crippen LogP contribution in [0.5, 0.6) is 0 Å². The molecular weight excluding hydrogens is 374 g/mol. The van der Waals surface area contributed by atoms with E-state index in [1.54, 1.807) is 6.20 Å². The van der Waals surface area contributed by atoms with E-state index in [1.165, 1.54) is 18.4 Å². The van der Waals surface area contributed by atoms with Gasteiger partial charge in [-0.3, -0.25) is 0 Å². The third-order valence-electron chi connectivity index (χ3n) is 5.52. The number of carbonyl (C=O) groups is 1. The van der Waals surface area contributed by atoms with Crippen LogP contribution in [0.1, 0.15) is 35.6 Å². The molecule has 1 aliphatic rings. The molecule has 0 radical (unpaired) electrons. The Bertz CT molecular complexity index is 920. The van der Waals surface area contributed by atoms with Gasteiger partial charge in [-0.2, -0.15) is 0 Å². The van der Waals surface area contributed by atoms with Crippen LogP contribution in [0.4, 0.5) is 4.79 Å². The molecule has 1 saturated heterocycles. The third-order valence-corrected chi connectivity index (χ3v) is 5.52. The molecule has 2 aromatic carbocycles. The first-order chi connectivity index (χ1) is 14.8. The number of imidazole rings is 1. The number of carbonyl (C=O) groups excluding carboxylic acids is 1. The molecule has 0 spiro atoms. The van der Waals surface area contributed by atoms with Crippen molar-refractivity contribution in [2.75, 3.05) is 19.6 Å². The minimum absolute atomic E-state index is 0.0168. The summed E-state index contributed by atoms with van der Waals surface area (Å²) in [6.45, 7) is 4.32. The lowest BCUT2D eigenvalue weighted by Crippen LogP contribution is -2.42. The molecular formula is C24H29N5O. The highest BCUT2D eigenvalue weighted by atomic mass is 16.2. The fourth-order valence-corrected chi connectivity index (χ4v) is 3.96. The summed E-state index contributed by atoms with van der Waals surface area (Å²) in [5.41, 5.74) is 3.41. The van der Waals surface area contributed by atoms with Crippen LogP contribution in [0.2, 0.25) is 0 Å². The van der Waals surface area contributed by atoms with E-state index in [0.717, 1.165) is 37.3 Å². The van der Waals surface area contributed by atoms with Crippen LogP contribution in [-0.4, -0.2) is 40.1 Å². The first-order valence-corrected chi connectivity index (χ1v) is 10.6. The quantitative estimate of drug-likeness (QED) is 0.604. The summed E-state index contributed by atoms with van der Waals surface area (Å²) in [6, 6.07) is 18.4. The van der Waals surface area contributed by atoms with E-state index in [4.69, 9.17) is 0 Å². The maximum Gasteiger partial charge on any atom is 0.315 e. The van der Waals surface area contributed by atoms with Crippen molar-refractivity contribution in [3.8, 4) is 0 Å². The predicted molar refractivity (Wildman–Crippen MR) is 118 cm³/mol. The summed E-state index contributed by atoms with van der Waals surface area (Å²) in [6.07, 6.45) is 8.01. The molecule has 2 amide bonds. The van der Waals surface area contributed by atoms with Crippen molar-refractivity contribution in [2.24, 2.45) is 0 Å². The second-order valence-electron chi connectivity index (χ2n) is 7.85. The fraction of sp³-hybridized carbons (Fsp3) is 0.333. The standard InChI is InChI=1S/C24H29N5O/c30-24(26-16-20-7-6-8-21(15-20)17-29-14-11-25-19-29)27-23(18-28-12-4-5-13-28)22-9-2-1-3-10-22/h1-3,6-11,14-15,19,23H,4-5,12-13,16-18H2,(H2,26,27,30). The molecule has 0 saturated carbocycles. The highest BCUT2D eigenvalue weighted by molar-refractivity contribution is 5.74. The Kier molecular flexibility index (Phi) is 6.77. The molecule has 6 nitrogen and oxygen atoms in total. The van der Waals surface area contributed by atoms with Gasteiger partial charge in [-0.05, 0) is 42.6 Å². The minimum atomic E-state index is -0.136. The number of hydrogen-bond acceptors (Lipinski definition) is 3. The van der Waals surface area contributed by atoms with Crippen molar-refractivity contribution in [1.82, 2.24) is 25.1 Å². The van der Waals surface area contributed by atoms with Gasteiger partial charge in [0.05, 0.1) is 12.4 Å². The average Bonchev–Trinajstić information content (AvgIpc) is 3.47. The first-order valence-electron chi connectivity index (χ1n) is 10.6. The number of amides is 2. The maximum absolute atomic E-state index is 12.7. The lowest BCUT2D eigenvalue weighted by molar-refractivity contribution is 0.229. The lowest BCUT2D eigenvalue weighted by Gasteiger charge is -2.25. The number of hydrogen-bond donors (Lipinski definition) is 2. The molecule has 0 aliphatic carbocycles. The number of urea groups is 1. The molecule has 1 aliphatic heterocycles. The normalized spacial score (nSPS) is 15.1. The molecule has 2 heterocycles. The van der Waals surface area contributed by atoms with Crippen LogP contribution in [0, 0.1) is 0 Å². The van der Waals surface area contributed by atoms with Crippen LogP contribution < -0.4 is 10.6 Å². The highest BCUT2D eigenvalue weighted by Crippen LogP contribution is 2.17. The third kappa shape index (κ3) is 5.70. The van der Waals surface area contributed by atoms with E-state index in [-0.39, 0.29) is 12.1 Å². The van der Waals surface area contributed by atoms with Crippen molar-refractivity contribution in [3.63, 3.8) is 0 Å². The van der Waals surface area contributed by atoms with Gasteiger partial charge in [0.1, 0.15) is 0 Å². The summed E-state index contributed by atoms with van der Waals surface area (Å²) >= 11 is 0. The number of likely N-dealkylation sites (tertiary alicyclic amines) is 1. The largest absolute Gasteiger partial charge is 0.334 e. The molecule has 30 heavy (non-hydrogen) atoms. The number of benzene rings is 2. The molecule has 2 N–H and O–H groups in total. The van der Waals surface area contributed by atoms with Gasteiger partial charge >= 0.3 is 6.03 Å². The number of nitrogens with zero attached hydrogens (tertiary/aromatic N) is 3. The molecule has 156 valence electrons. The molecule has 1 unspecified atom stereocenters. The van der Waals surface area contributed by atoms with Crippen LogP contribution in [0.15, 0.2) is 73.3 Å². The molecule has 4 rings (SSSR count). The number of nitrogens with one attached hydrogen (secondary N) is 2. The van der Waals surface area contributed by atoms with Gasteiger partial charge in [-0.1, -0.05) is 54.6 Å². The van der Waals surface area contributed by atoms with Crippen molar-refractivity contribution >= 4 is 6.03 Å². The predicted octanol–water partition coefficient (Wildman–Crippen LogP) is 3.57. The molecule has 1 fully saturated rings. The zero-order valence-corrected chi connectivity index (χ0v) is 17.2. The Morgan fingerprint density at radius 3 is 2.60 bits per heavy atom. The van der Waals surface area contributed by atoms with Crippen molar-refractivity contribution in [3.05, 3.63) is 90.0 Å². The van der Waals surface area contributed by atoms with Crippen LogP contribution in [0.3, 0.4) is 0 Å². The summed E-state index contributed by atoms with van der Waals surface area (Å²) in [7, 11) is 0. The minimum Gasteiger partial charge on any atom is -0.334 e. The fourth-order valence-electron chi connectivity index (χ4n) is 3.96. The second-order valence-corrected chi connectivity index (χ2v) is 7.85. The van der Waals surface area contributed by atoms with Gasteiger partial charge in [-0.15, -0.1) is 0 Å². The van der Waals surface area contributed by atoms with E-state index >= 15 is 0 Å². The van der Waals surface area contributed by atoms with Gasteiger partial charge in [0.2, 0.25) is 0 Å². The Morgan fingerprint density at radius 2 is 1.83 bits per heavy atom. The van der Waals surface area contributed by atoms with E-state index in [9.17, 15) is 4.79 Å². The summed E-state index contributed by atoms with van der Waals surface area (Å²) in [4.78, 5) is 19.2. The van der Waals surface area contributed by atoms with Gasteiger partial charge < -0.3 is 20.1 Å². The van der Waals surface area contributed by atoms with Gasteiger partial charge in [-0.25, -0.2) is 9.78 Å².